The molecule has 1 amide bonds. The van der Waals surface area contributed by atoms with E-state index in [1.807, 2.05) is 59.2 Å². The molecule has 6 heteroatoms. The molecule has 6 rings (SSSR count). The predicted molar refractivity (Wildman–Crippen MR) is 128 cm³/mol. The average Bonchev–Trinajstić information content (AvgIpc) is 3.18. The molecule has 1 aromatic heterocycles. The number of anilines is 1. The lowest BCUT2D eigenvalue weighted by Crippen LogP contribution is -2.40. The van der Waals surface area contributed by atoms with Gasteiger partial charge in [0.25, 0.3) is 5.79 Å². The van der Waals surface area contributed by atoms with Gasteiger partial charge in [-0.05, 0) is 49.2 Å². The van der Waals surface area contributed by atoms with E-state index in [4.69, 9.17) is 9.47 Å². The summed E-state index contributed by atoms with van der Waals surface area (Å²) in [7, 11) is 0. The van der Waals surface area contributed by atoms with Gasteiger partial charge in [0, 0.05) is 35.4 Å². The lowest BCUT2D eigenvalue weighted by atomic mass is 9.94. The molecular weight excluding hydrogens is 416 g/mol. The van der Waals surface area contributed by atoms with E-state index in [2.05, 4.69) is 5.32 Å². The van der Waals surface area contributed by atoms with Crippen molar-refractivity contribution in [2.24, 2.45) is 0 Å². The maximum atomic E-state index is 13.1. The van der Waals surface area contributed by atoms with Crippen molar-refractivity contribution in [2.45, 2.75) is 44.4 Å². The van der Waals surface area contributed by atoms with Crippen LogP contribution in [0.3, 0.4) is 0 Å². The van der Waals surface area contributed by atoms with Crippen molar-refractivity contribution in [1.29, 1.82) is 0 Å². The number of ether oxygens (including phenoxy) is 2. The fourth-order valence-electron chi connectivity index (χ4n) is 5.06. The Morgan fingerprint density at radius 1 is 0.848 bits per heavy atom. The predicted octanol–water partition coefficient (Wildman–Crippen LogP) is 5.23. The SMILES string of the molecule is O=C(Cn1c2ccccc2c(=O)c2ccccc21)Nc1ccc2c(c1)OC1(CCCCC1)O2. The van der Waals surface area contributed by atoms with Crippen LogP contribution in [0.2, 0.25) is 0 Å². The summed E-state index contributed by atoms with van der Waals surface area (Å²) < 4.78 is 14.2. The van der Waals surface area contributed by atoms with Crippen LogP contribution >= 0.6 is 0 Å². The van der Waals surface area contributed by atoms with Gasteiger partial charge in [-0.2, -0.15) is 0 Å². The largest absolute Gasteiger partial charge is 0.448 e. The summed E-state index contributed by atoms with van der Waals surface area (Å²) in [6.07, 6.45) is 5.17. The Morgan fingerprint density at radius 3 is 2.18 bits per heavy atom. The highest BCUT2D eigenvalue weighted by Gasteiger charge is 2.42. The zero-order chi connectivity index (χ0) is 22.4. The first-order valence-corrected chi connectivity index (χ1v) is 11.4. The number of aromatic nitrogens is 1. The molecule has 2 heterocycles. The number of para-hydroxylation sites is 2. The molecule has 1 aliphatic heterocycles. The number of rotatable bonds is 3. The van der Waals surface area contributed by atoms with Crippen molar-refractivity contribution >= 4 is 33.4 Å². The Kier molecular flexibility index (Phi) is 4.61. The number of fused-ring (bicyclic) bond motifs is 3. The summed E-state index contributed by atoms with van der Waals surface area (Å²) in [5.74, 6) is 0.679. The van der Waals surface area contributed by atoms with Gasteiger partial charge in [-0.25, -0.2) is 0 Å². The number of pyridine rings is 1. The van der Waals surface area contributed by atoms with Crippen molar-refractivity contribution in [2.75, 3.05) is 5.32 Å². The van der Waals surface area contributed by atoms with E-state index in [1.54, 1.807) is 12.1 Å². The van der Waals surface area contributed by atoms with Crippen LogP contribution in [-0.2, 0) is 11.3 Å². The third-order valence-corrected chi connectivity index (χ3v) is 6.62. The van der Waals surface area contributed by atoms with E-state index in [0.717, 1.165) is 42.5 Å². The molecule has 166 valence electrons. The minimum atomic E-state index is -0.545. The van der Waals surface area contributed by atoms with Crippen LogP contribution in [0, 0.1) is 0 Å². The van der Waals surface area contributed by atoms with Gasteiger partial charge >= 0.3 is 0 Å². The van der Waals surface area contributed by atoms with Crippen LogP contribution < -0.4 is 20.2 Å². The summed E-state index contributed by atoms with van der Waals surface area (Å²) >= 11 is 0. The number of carbonyl (C=O) groups excluding carboxylic acids is 1. The van der Waals surface area contributed by atoms with Crippen molar-refractivity contribution in [3.8, 4) is 11.5 Å². The Hall–Kier alpha value is -3.80. The van der Waals surface area contributed by atoms with Crippen LogP contribution in [0.25, 0.3) is 21.8 Å². The molecule has 6 nitrogen and oxygen atoms in total. The van der Waals surface area contributed by atoms with Crippen LogP contribution in [0.5, 0.6) is 11.5 Å². The molecule has 3 aromatic carbocycles. The minimum absolute atomic E-state index is 0.0229. The second kappa shape index (κ2) is 7.66. The van der Waals surface area contributed by atoms with E-state index in [1.165, 1.54) is 6.42 Å². The Balaban J connectivity index is 1.29. The molecule has 4 aromatic rings. The number of hydrogen-bond donors (Lipinski definition) is 1. The van der Waals surface area contributed by atoms with Gasteiger partial charge in [0.05, 0.1) is 11.0 Å². The Morgan fingerprint density at radius 2 is 1.48 bits per heavy atom. The molecule has 1 fully saturated rings. The van der Waals surface area contributed by atoms with Gasteiger partial charge in [0.15, 0.2) is 16.9 Å². The maximum absolute atomic E-state index is 13.1. The fourth-order valence-corrected chi connectivity index (χ4v) is 5.06. The summed E-state index contributed by atoms with van der Waals surface area (Å²) in [6.45, 7) is 0.0830. The number of carbonyl (C=O) groups is 1. The number of nitrogens with zero attached hydrogens (tertiary/aromatic N) is 1. The van der Waals surface area contributed by atoms with Crippen LogP contribution in [0.1, 0.15) is 32.1 Å². The minimum Gasteiger partial charge on any atom is -0.448 e. The van der Waals surface area contributed by atoms with Gasteiger partial charge in [0.2, 0.25) is 5.91 Å². The zero-order valence-electron chi connectivity index (χ0n) is 18.2. The standard InChI is InChI=1S/C27H24N2O4/c30-25(28-18-12-13-23-24(16-18)33-27(32-23)14-6-1-7-15-27)17-29-21-10-4-2-8-19(21)26(31)20-9-3-5-11-22(20)29/h2-5,8-13,16H,1,6-7,14-15,17H2,(H,28,30). The molecule has 0 bridgehead atoms. The lowest BCUT2D eigenvalue weighted by molar-refractivity contribution is -0.116. The molecule has 1 N–H and O–H groups in total. The van der Waals surface area contributed by atoms with E-state index in [9.17, 15) is 9.59 Å². The molecule has 0 saturated heterocycles. The molecule has 0 radical (unpaired) electrons. The van der Waals surface area contributed by atoms with Gasteiger partial charge in [-0.1, -0.05) is 30.7 Å². The highest BCUT2D eigenvalue weighted by Crippen LogP contribution is 2.46. The quantitative estimate of drug-likeness (QED) is 0.443. The summed E-state index contributed by atoms with van der Waals surface area (Å²) in [6, 6.07) is 20.3. The zero-order valence-corrected chi connectivity index (χ0v) is 18.2. The van der Waals surface area contributed by atoms with Gasteiger partial charge in [-0.15, -0.1) is 0 Å². The second-order valence-electron chi connectivity index (χ2n) is 8.83. The lowest BCUT2D eigenvalue weighted by Gasteiger charge is -2.31. The molecule has 1 saturated carbocycles. The van der Waals surface area contributed by atoms with Crippen molar-refractivity contribution in [3.05, 3.63) is 77.0 Å². The molecule has 33 heavy (non-hydrogen) atoms. The summed E-state index contributed by atoms with van der Waals surface area (Å²) in [5.41, 5.74) is 2.11. The van der Waals surface area contributed by atoms with Crippen LogP contribution in [0.15, 0.2) is 71.5 Å². The highest BCUT2D eigenvalue weighted by molar-refractivity contribution is 5.97. The third-order valence-electron chi connectivity index (χ3n) is 6.62. The first-order valence-electron chi connectivity index (χ1n) is 11.4. The number of nitrogens with one attached hydrogen (secondary N) is 1. The first-order chi connectivity index (χ1) is 16.1. The molecule has 1 aliphatic carbocycles. The normalized spacial score (nSPS) is 16.4. The molecular formula is C27H24N2O4. The highest BCUT2D eigenvalue weighted by atomic mass is 16.7. The van der Waals surface area contributed by atoms with Crippen molar-refractivity contribution in [3.63, 3.8) is 0 Å². The summed E-state index contributed by atoms with van der Waals surface area (Å²) in [5, 5.41) is 4.19. The topological polar surface area (TPSA) is 69.6 Å². The fraction of sp³-hybridized carbons (Fsp3) is 0.259. The van der Waals surface area contributed by atoms with Gasteiger partial charge in [-0.3, -0.25) is 9.59 Å². The van der Waals surface area contributed by atoms with Crippen LogP contribution in [0.4, 0.5) is 5.69 Å². The van der Waals surface area contributed by atoms with Crippen molar-refractivity contribution in [1.82, 2.24) is 4.57 Å². The van der Waals surface area contributed by atoms with E-state index >= 15 is 0 Å². The Labute approximate surface area is 190 Å². The molecule has 0 unspecified atom stereocenters. The molecule has 0 atom stereocenters. The molecule has 1 spiro atoms. The summed E-state index contributed by atoms with van der Waals surface area (Å²) in [4.78, 5) is 26.0. The third kappa shape index (κ3) is 3.42. The number of amides is 1. The van der Waals surface area contributed by atoms with E-state index < -0.39 is 5.79 Å². The van der Waals surface area contributed by atoms with Gasteiger partial charge < -0.3 is 19.4 Å². The first kappa shape index (κ1) is 19.9. The number of hydrogen-bond acceptors (Lipinski definition) is 4. The molecule has 2 aliphatic rings. The van der Waals surface area contributed by atoms with E-state index in [0.29, 0.717) is 22.2 Å². The number of benzene rings is 3. The van der Waals surface area contributed by atoms with E-state index in [-0.39, 0.29) is 17.9 Å². The average molecular weight is 440 g/mol. The maximum Gasteiger partial charge on any atom is 0.251 e. The Bertz CT molecular complexity index is 1390. The smallest absolute Gasteiger partial charge is 0.251 e. The monoisotopic (exact) mass is 440 g/mol. The second-order valence-corrected chi connectivity index (χ2v) is 8.83. The van der Waals surface area contributed by atoms with Crippen LogP contribution in [-0.4, -0.2) is 16.3 Å². The van der Waals surface area contributed by atoms with Gasteiger partial charge in [0.1, 0.15) is 6.54 Å². The van der Waals surface area contributed by atoms with Crippen molar-refractivity contribution < 1.29 is 14.3 Å².